The maximum Gasteiger partial charge on any atom is 0.289 e. The van der Waals surface area contributed by atoms with E-state index in [4.69, 9.17) is 11.6 Å². The summed E-state index contributed by atoms with van der Waals surface area (Å²) in [6, 6.07) is 0. The van der Waals surface area contributed by atoms with E-state index < -0.39 is 5.24 Å². The molecule has 1 heterocycles. The van der Waals surface area contributed by atoms with E-state index >= 15 is 0 Å². The molecule has 3 nitrogen and oxygen atoms in total. The van der Waals surface area contributed by atoms with Crippen LogP contribution in [0.1, 0.15) is 10.6 Å². The largest absolute Gasteiger partial charge is 0.439 e. The van der Waals surface area contributed by atoms with Crippen molar-refractivity contribution in [3.8, 4) is 0 Å². The van der Waals surface area contributed by atoms with Crippen LogP contribution < -0.4 is 0 Å². The fraction of sp³-hybridized carbons (Fsp3) is 0. The molecule has 0 N–H and O–H groups in total. The van der Waals surface area contributed by atoms with Crippen LogP contribution >= 0.6 is 11.6 Å². The maximum atomic E-state index is 10.1. The van der Waals surface area contributed by atoms with E-state index in [1.54, 1.807) is 0 Å². The molecule has 0 saturated carbocycles. The molecule has 0 unspecified atom stereocenters. The number of hydrogen-bond donors (Lipinski definition) is 0. The van der Waals surface area contributed by atoms with Gasteiger partial charge in [0.1, 0.15) is 0 Å². The molecule has 0 spiro atoms. The molecule has 1 aromatic rings. The Morgan fingerprint density at radius 2 is 2.62 bits per heavy atom. The van der Waals surface area contributed by atoms with Gasteiger partial charge in [-0.25, -0.2) is 4.98 Å². The molecule has 0 aliphatic carbocycles. The van der Waals surface area contributed by atoms with E-state index in [1.165, 1.54) is 6.20 Å². The van der Waals surface area contributed by atoms with Crippen molar-refractivity contribution in [2.24, 2.45) is 0 Å². The lowest BCUT2D eigenvalue weighted by molar-refractivity contribution is 0.105. The van der Waals surface area contributed by atoms with Gasteiger partial charge in [-0.3, -0.25) is 4.79 Å². The highest BCUT2D eigenvalue weighted by molar-refractivity contribution is 6.67. The molecular formula is C4H2ClNO2. The molecule has 0 atom stereocenters. The highest BCUT2D eigenvalue weighted by Crippen LogP contribution is 1.99. The monoisotopic (exact) mass is 131 g/mol. The van der Waals surface area contributed by atoms with Crippen LogP contribution in [0.25, 0.3) is 0 Å². The SMILES string of the molecule is O=C(Cl)c1cnco1. The summed E-state index contributed by atoms with van der Waals surface area (Å²) in [6.07, 6.45) is 2.41. The van der Waals surface area contributed by atoms with Gasteiger partial charge in [-0.15, -0.1) is 0 Å². The number of rotatable bonds is 1. The number of carbonyl (C=O) groups is 1. The highest BCUT2D eigenvalue weighted by atomic mass is 35.5. The Bertz CT molecular complexity index is 182. The van der Waals surface area contributed by atoms with Gasteiger partial charge >= 0.3 is 0 Å². The quantitative estimate of drug-likeness (QED) is 0.535. The third-order valence-electron chi connectivity index (χ3n) is 0.626. The molecule has 1 aromatic heterocycles. The zero-order valence-corrected chi connectivity index (χ0v) is 4.55. The van der Waals surface area contributed by atoms with Crippen LogP contribution in [0.2, 0.25) is 0 Å². The average molecular weight is 132 g/mol. The predicted octanol–water partition coefficient (Wildman–Crippen LogP) is 1.05. The van der Waals surface area contributed by atoms with E-state index in [0.717, 1.165) is 6.39 Å². The van der Waals surface area contributed by atoms with Crippen molar-refractivity contribution in [3.05, 3.63) is 18.4 Å². The number of hydrogen-bond acceptors (Lipinski definition) is 3. The summed E-state index contributed by atoms with van der Waals surface area (Å²) in [4.78, 5) is 13.6. The molecule has 1 rings (SSSR count). The highest BCUT2D eigenvalue weighted by Gasteiger charge is 2.02. The van der Waals surface area contributed by atoms with Crippen LogP contribution in [0.3, 0.4) is 0 Å². The van der Waals surface area contributed by atoms with Crippen LogP contribution in [-0.2, 0) is 0 Å². The first kappa shape index (κ1) is 5.31. The third-order valence-corrected chi connectivity index (χ3v) is 0.812. The third kappa shape index (κ3) is 0.869. The van der Waals surface area contributed by atoms with Crippen molar-refractivity contribution in [2.45, 2.75) is 0 Å². The van der Waals surface area contributed by atoms with Gasteiger partial charge in [0, 0.05) is 0 Å². The first-order valence-corrected chi connectivity index (χ1v) is 2.27. The standard InChI is InChI=1S/C4H2ClNO2/c5-4(7)3-1-6-2-8-3/h1-2H. The number of oxazole rings is 1. The van der Waals surface area contributed by atoms with Gasteiger partial charge in [0.05, 0.1) is 6.20 Å². The Labute approximate surface area is 50.3 Å². The van der Waals surface area contributed by atoms with E-state index in [1.807, 2.05) is 0 Å². The molecule has 0 aromatic carbocycles. The van der Waals surface area contributed by atoms with Crippen molar-refractivity contribution in [1.82, 2.24) is 4.98 Å². The van der Waals surface area contributed by atoms with Crippen LogP contribution in [0, 0.1) is 0 Å². The Morgan fingerprint density at radius 1 is 1.88 bits per heavy atom. The molecule has 8 heavy (non-hydrogen) atoms. The first-order valence-electron chi connectivity index (χ1n) is 1.89. The lowest BCUT2D eigenvalue weighted by atomic mass is 10.6. The van der Waals surface area contributed by atoms with Crippen molar-refractivity contribution < 1.29 is 9.21 Å². The van der Waals surface area contributed by atoms with Crippen molar-refractivity contribution in [1.29, 1.82) is 0 Å². The Kier molecular flexibility index (Phi) is 1.30. The second-order valence-electron chi connectivity index (χ2n) is 1.14. The summed E-state index contributed by atoms with van der Waals surface area (Å²) in [7, 11) is 0. The normalized spacial score (nSPS) is 9.12. The average Bonchev–Trinajstić information content (AvgIpc) is 2.12. The van der Waals surface area contributed by atoms with Crippen LogP contribution in [-0.4, -0.2) is 10.2 Å². The summed E-state index contributed by atoms with van der Waals surface area (Å²) in [5.41, 5.74) is 0. The molecular weight excluding hydrogens is 130 g/mol. The molecule has 0 radical (unpaired) electrons. The Balaban J connectivity index is 2.93. The minimum Gasteiger partial charge on any atom is -0.439 e. The topological polar surface area (TPSA) is 43.1 Å². The number of carbonyl (C=O) groups excluding carboxylic acids is 1. The second kappa shape index (κ2) is 1.96. The van der Waals surface area contributed by atoms with Crippen LogP contribution in [0.15, 0.2) is 17.0 Å². The zero-order valence-electron chi connectivity index (χ0n) is 3.80. The molecule has 0 bridgehead atoms. The van der Waals surface area contributed by atoms with Gasteiger partial charge in [-0.05, 0) is 11.6 Å². The summed E-state index contributed by atoms with van der Waals surface area (Å²) >= 11 is 4.97. The molecule has 0 fully saturated rings. The molecule has 42 valence electrons. The van der Waals surface area contributed by atoms with Gasteiger partial charge in [0.2, 0.25) is 5.76 Å². The van der Waals surface area contributed by atoms with Gasteiger partial charge < -0.3 is 4.42 Å². The fourth-order valence-corrected chi connectivity index (χ4v) is 0.406. The van der Waals surface area contributed by atoms with Crippen molar-refractivity contribution >= 4 is 16.8 Å². The molecule has 0 saturated heterocycles. The summed E-state index contributed by atoms with van der Waals surface area (Å²) in [5, 5.41) is -0.623. The number of aromatic nitrogens is 1. The van der Waals surface area contributed by atoms with E-state index in [0.29, 0.717) is 0 Å². The van der Waals surface area contributed by atoms with E-state index in [9.17, 15) is 4.79 Å². The van der Waals surface area contributed by atoms with E-state index in [2.05, 4.69) is 9.40 Å². The summed E-state index contributed by atoms with van der Waals surface area (Å²) < 4.78 is 4.50. The summed E-state index contributed by atoms with van der Waals surface area (Å²) in [6.45, 7) is 0. The minimum atomic E-state index is -0.623. The number of halogens is 1. The van der Waals surface area contributed by atoms with Gasteiger partial charge in [0.25, 0.3) is 5.24 Å². The minimum absolute atomic E-state index is 0.0756. The van der Waals surface area contributed by atoms with Crippen LogP contribution in [0.4, 0.5) is 0 Å². The predicted molar refractivity (Wildman–Crippen MR) is 26.7 cm³/mol. The van der Waals surface area contributed by atoms with Crippen molar-refractivity contribution in [2.75, 3.05) is 0 Å². The number of nitrogens with zero attached hydrogens (tertiary/aromatic N) is 1. The molecule has 0 amide bonds. The summed E-state index contributed by atoms with van der Waals surface area (Å²) in [5.74, 6) is 0.0756. The van der Waals surface area contributed by atoms with Crippen molar-refractivity contribution in [3.63, 3.8) is 0 Å². The first-order chi connectivity index (χ1) is 3.80. The van der Waals surface area contributed by atoms with Gasteiger partial charge in [-0.2, -0.15) is 0 Å². The zero-order chi connectivity index (χ0) is 5.98. The molecule has 0 aliphatic heterocycles. The van der Waals surface area contributed by atoms with Gasteiger partial charge in [-0.1, -0.05) is 0 Å². The molecule has 0 aliphatic rings. The Morgan fingerprint density at radius 3 is 2.88 bits per heavy atom. The van der Waals surface area contributed by atoms with Crippen LogP contribution in [0.5, 0.6) is 0 Å². The lowest BCUT2D eigenvalue weighted by Crippen LogP contribution is -1.81. The molecule has 4 heteroatoms. The maximum absolute atomic E-state index is 10.1. The van der Waals surface area contributed by atoms with Gasteiger partial charge in [0.15, 0.2) is 6.39 Å². The Hall–Kier alpha value is -0.830. The fourth-order valence-electron chi connectivity index (χ4n) is 0.313. The lowest BCUT2D eigenvalue weighted by Gasteiger charge is -1.75. The smallest absolute Gasteiger partial charge is 0.289 e. The second-order valence-corrected chi connectivity index (χ2v) is 1.48. The van der Waals surface area contributed by atoms with E-state index in [-0.39, 0.29) is 5.76 Å².